The second-order valence-corrected chi connectivity index (χ2v) is 12.8. The molecule has 0 saturated carbocycles. The highest BCUT2D eigenvalue weighted by Gasteiger charge is 2.33. The minimum absolute atomic E-state index is 0.0573. The number of anilines is 1. The van der Waals surface area contributed by atoms with Crippen LogP contribution in [0.15, 0.2) is 11.4 Å². The summed E-state index contributed by atoms with van der Waals surface area (Å²) in [4.78, 5) is 35.6. The number of thioether (sulfide) groups is 1. The number of fused-ring (bicyclic) bond motifs is 1. The van der Waals surface area contributed by atoms with Crippen LogP contribution in [0, 0.1) is 5.92 Å². The van der Waals surface area contributed by atoms with Crippen molar-refractivity contribution < 1.29 is 18.7 Å². The van der Waals surface area contributed by atoms with E-state index in [9.17, 15) is 18.7 Å². The molecular weight excluding hydrogens is 492 g/mol. The third-order valence-corrected chi connectivity index (χ3v) is 9.52. The van der Waals surface area contributed by atoms with E-state index in [1.165, 1.54) is 29.3 Å². The number of hydrogen-bond acceptors (Lipinski definition) is 8. The number of carbonyl (C=O) groups is 2. The second-order valence-electron chi connectivity index (χ2n) is 8.20. The first-order valence-corrected chi connectivity index (χ1v) is 14.5. The van der Waals surface area contributed by atoms with Crippen molar-refractivity contribution in [2.24, 2.45) is 5.92 Å². The maximum atomic E-state index is 13.3. The van der Waals surface area contributed by atoms with Crippen LogP contribution < -0.4 is 10.6 Å². The Balaban J connectivity index is 1.63. The quantitative estimate of drug-likeness (QED) is 0.339. The van der Waals surface area contributed by atoms with E-state index in [2.05, 4.69) is 27.5 Å². The molecule has 2 atom stereocenters. The van der Waals surface area contributed by atoms with Crippen molar-refractivity contribution in [2.45, 2.75) is 43.8 Å². The maximum Gasteiger partial charge on any atom is 0.276 e. The highest BCUT2D eigenvalue weighted by Crippen LogP contribution is 2.46. The van der Waals surface area contributed by atoms with Gasteiger partial charge >= 0.3 is 0 Å². The summed E-state index contributed by atoms with van der Waals surface area (Å²) in [7, 11) is -2.62. The van der Waals surface area contributed by atoms with Crippen LogP contribution in [0.25, 0.3) is 0 Å². The molecule has 1 aliphatic heterocycles. The zero-order valence-electron chi connectivity index (χ0n) is 17.7. The Morgan fingerprint density at radius 1 is 1.31 bits per heavy atom. The molecule has 2 amide bonds. The van der Waals surface area contributed by atoms with Crippen LogP contribution in [0.2, 0.25) is 5.02 Å². The standard InChI is InChI=1S/C20H25ClN4O4S3/c1-10-3-4-12-14(7-10)31-19(15(12)17(26)23-11-5-6-32(28,29)9-11)25-18(27)16-13(21)8-22-20(24-16)30-2/h8,10-11,28-29H,3-7,9H2,1-2H3,(H,23,26)(H,25,27). The number of nitrogens with zero attached hydrogens (tertiary/aromatic N) is 2. The number of halogens is 1. The molecular formula is C20H25ClN4O4S3. The van der Waals surface area contributed by atoms with Crippen molar-refractivity contribution in [1.82, 2.24) is 15.3 Å². The van der Waals surface area contributed by atoms with Crippen molar-refractivity contribution >= 4 is 62.1 Å². The van der Waals surface area contributed by atoms with Crippen LogP contribution in [0.5, 0.6) is 0 Å². The summed E-state index contributed by atoms with van der Waals surface area (Å²) < 4.78 is 19.8. The number of rotatable bonds is 5. The molecule has 12 heteroatoms. The van der Waals surface area contributed by atoms with Gasteiger partial charge in [-0.2, -0.15) is 10.6 Å². The smallest absolute Gasteiger partial charge is 0.276 e. The van der Waals surface area contributed by atoms with E-state index < -0.39 is 16.5 Å². The molecule has 8 nitrogen and oxygen atoms in total. The highest BCUT2D eigenvalue weighted by molar-refractivity contribution is 8.24. The molecule has 2 unspecified atom stereocenters. The molecule has 1 fully saturated rings. The van der Waals surface area contributed by atoms with Gasteiger partial charge in [0.1, 0.15) is 5.00 Å². The van der Waals surface area contributed by atoms with Crippen molar-refractivity contribution in [2.75, 3.05) is 23.1 Å². The number of thiophene rings is 1. The van der Waals surface area contributed by atoms with Crippen LogP contribution in [0.1, 0.15) is 51.1 Å². The third kappa shape index (κ3) is 5.07. The average molecular weight is 517 g/mol. The SMILES string of the molecule is CSc1ncc(Cl)c(C(=O)Nc2sc3c(c2C(=O)NC2CCS(O)(O)C2)CCC(C)C3)n1. The van der Waals surface area contributed by atoms with Crippen LogP contribution in [-0.2, 0) is 12.8 Å². The fourth-order valence-corrected chi connectivity index (χ4v) is 7.69. The fourth-order valence-electron chi connectivity index (χ4n) is 4.04. The van der Waals surface area contributed by atoms with Crippen molar-refractivity contribution in [3.8, 4) is 0 Å². The van der Waals surface area contributed by atoms with Crippen LogP contribution in [0.3, 0.4) is 0 Å². The van der Waals surface area contributed by atoms with Gasteiger partial charge in [0, 0.05) is 16.7 Å². The van der Waals surface area contributed by atoms with Gasteiger partial charge in [0.15, 0.2) is 10.9 Å². The molecule has 174 valence electrons. The van der Waals surface area contributed by atoms with Gasteiger partial charge in [-0.05, 0) is 43.4 Å². The lowest BCUT2D eigenvalue weighted by atomic mass is 9.88. The lowest BCUT2D eigenvalue weighted by Gasteiger charge is -2.26. The Morgan fingerprint density at radius 2 is 2.09 bits per heavy atom. The average Bonchev–Trinajstić information content (AvgIpc) is 3.26. The number of aromatic nitrogens is 2. The van der Waals surface area contributed by atoms with Gasteiger partial charge in [0.25, 0.3) is 11.8 Å². The minimum Gasteiger partial charge on any atom is -0.348 e. The predicted molar refractivity (Wildman–Crippen MR) is 131 cm³/mol. The molecule has 1 saturated heterocycles. The Labute approximate surface area is 201 Å². The van der Waals surface area contributed by atoms with E-state index in [1.807, 2.05) is 0 Å². The molecule has 4 N–H and O–H groups in total. The molecule has 0 radical (unpaired) electrons. The molecule has 2 aromatic rings. The number of nitrogens with one attached hydrogen (secondary N) is 2. The maximum absolute atomic E-state index is 13.3. The second kappa shape index (κ2) is 9.47. The number of amides is 2. The summed E-state index contributed by atoms with van der Waals surface area (Å²) in [6, 6.07) is -0.297. The molecule has 32 heavy (non-hydrogen) atoms. The Kier molecular flexibility index (Phi) is 7.04. The van der Waals surface area contributed by atoms with E-state index >= 15 is 0 Å². The van der Waals surface area contributed by atoms with Crippen LogP contribution in [0.4, 0.5) is 5.00 Å². The first kappa shape index (κ1) is 23.8. The third-order valence-electron chi connectivity index (χ3n) is 5.68. The van der Waals surface area contributed by atoms with Gasteiger partial charge < -0.3 is 10.6 Å². The van der Waals surface area contributed by atoms with E-state index in [-0.39, 0.29) is 28.4 Å². The summed E-state index contributed by atoms with van der Waals surface area (Å²) >= 11 is 8.88. The van der Waals surface area contributed by atoms with Crippen molar-refractivity contribution in [3.05, 3.63) is 32.9 Å². The zero-order chi connectivity index (χ0) is 23.0. The lowest BCUT2D eigenvalue weighted by Crippen LogP contribution is -2.36. The normalized spacial score (nSPS) is 22.8. The van der Waals surface area contributed by atoms with E-state index in [0.29, 0.717) is 33.8 Å². The van der Waals surface area contributed by atoms with Crippen LogP contribution >= 0.6 is 45.3 Å². The van der Waals surface area contributed by atoms with Gasteiger partial charge in [0.2, 0.25) is 0 Å². The topological polar surface area (TPSA) is 124 Å². The predicted octanol–water partition coefficient (Wildman–Crippen LogP) is 4.54. The molecule has 2 aromatic heterocycles. The number of hydrogen-bond donors (Lipinski definition) is 4. The molecule has 0 aromatic carbocycles. The molecule has 0 spiro atoms. The first-order valence-electron chi connectivity index (χ1n) is 10.2. The molecule has 3 heterocycles. The first-order chi connectivity index (χ1) is 15.2. The summed E-state index contributed by atoms with van der Waals surface area (Å²) in [5.74, 6) is 0.170. The Hall–Kier alpha value is -1.37. The summed E-state index contributed by atoms with van der Waals surface area (Å²) in [6.45, 7) is 2.18. The van der Waals surface area contributed by atoms with Crippen LogP contribution in [-0.4, -0.2) is 54.7 Å². The van der Waals surface area contributed by atoms with Crippen molar-refractivity contribution in [1.29, 1.82) is 0 Å². The van der Waals surface area contributed by atoms with Crippen molar-refractivity contribution in [3.63, 3.8) is 0 Å². The van der Waals surface area contributed by atoms with E-state index in [4.69, 9.17) is 11.6 Å². The summed E-state index contributed by atoms with van der Waals surface area (Å²) in [5.41, 5.74) is 1.48. The fraction of sp³-hybridized carbons (Fsp3) is 0.500. The van der Waals surface area contributed by atoms with Gasteiger partial charge in [-0.1, -0.05) is 30.3 Å². The van der Waals surface area contributed by atoms with E-state index in [1.54, 1.807) is 6.26 Å². The highest BCUT2D eigenvalue weighted by atomic mass is 35.5. The van der Waals surface area contributed by atoms with Gasteiger partial charge in [-0.3, -0.25) is 18.7 Å². The van der Waals surface area contributed by atoms with Gasteiger partial charge in [0.05, 0.1) is 22.5 Å². The number of carbonyl (C=O) groups excluding carboxylic acids is 2. The van der Waals surface area contributed by atoms with Gasteiger partial charge in [-0.25, -0.2) is 9.97 Å². The molecule has 0 bridgehead atoms. The van der Waals surface area contributed by atoms with Gasteiger partial charge in [-0.15, -0.1) is 11.3 Å². The monoisotopic (exact) mass is 516 g/mol. The largest absolute Gasteiger partial charge is 0.348 e. The van der Waals surface area contributed by atoms with E-state index in [0.717, 1.165) is 29.7 Å². The summed E-state index contributed by atoms with van der Waals surface area (Å²) in [5, 5.41) is 6.83. The Morgan fingerprint density at radius 3 is 2.78 bits per heavy atom. The molecule has 4 rings (SSSR count). The minimum atomic E-state index is -2.62. The molecule has 1 aliphatic carbocycles. The zero-order valence-corrected chi connectivity index (χ0v) is 20.9. The Bertz CT molecular complexity index is 1060. The lowest BCUT2D eigenvalue weighted by molar-refractivity contribution is 0.0941. The molecule has 2 aliphatic rings. The summed E-state index contributed by atoms with van der Waals surface area (Å²) in [6.07, 6.45) is 6.30.